The molecule has 1 aromatic rings. The summed E-state index contributed by atoms with van der Waals surface area (Å²) in [7, 11) is 0. The van der Waals surface area contributed by atoms with Crippen molar-refractivity contribution in [3.05, 3.63) is 48.0 Å². The van der Waals surface area contributed by atoms with Crippen LogP contribution in [0.25, 0.3) is 0 Å². The van der Waals surface area contributed by atoms with Gasteiger partial charge in [-0.1, -0.05) is 36.8 Å². The van der Waals surface area contributed by atoms with Crippen LogP contribution in [0.2, 0.25) is 0 Å². The summed E-state index contributed by atoms with van der Waals surface area (Å²) >= 11 is 0. The Labute approximate surface area is 219 Å². The number of carbonyl (C=O) groups is 7. The second-order valence-corrected chi connectivity index (χ2v) is 8.40. The first-order chi connectivity index (χ1) is 18.2. The molecule has 0 aromatic heterocycles. The van der Waals surface area contributed by atoms with Crippen molar-refractivity contribution in [1.29, 1.82) is 0 Å². The Morgan fingerprint density at radius 1 is 0.842 bits per heavy atom. The number of hydroxylamine groups is 1. The molecule has 204 valence electrons. The van der Waals surface area contributed by atoms with Gasteiger partial charge in [0.15, 0.2) is 0 Å². The molecule has 13 nitrogen and oxygen atoms in total. The van der Waals surface area contributed by atoms with Gasteiger partial charge >= 0.3 is 5.97 Å². The number of rotatable bonds is 14. The van der Waals surface area contributed by atoms with Gasteiger partial charge in [-0.2, -0.15) is 5.48 Å². The third-order valence-corrected chi connectivity index (χ3v) is 5.31. The van der Waals surface area contributed by atoms with E-state index in [-0.39, 0.29) is 43.7 Å². The number of hydrogen-bond acceptors (Lipinski definition) is 8. The summed E-state index contributed by atoms with van der Waals surface area (Å²) in [6.45, 7) is 0.617. The lowest BCUT2D eigenvalue weighted by molar-refractivity contribution is -0.157. The Kier molecular flexibility index (Phi) is 12.1. The largest absolute Gasteiger partial charge is 0.347 e. The first-order valence-electron chi connectivity index (χ1n) is 12.0. The zero-order chi connectivity index (χ0) is 27.9. The van der Waals surface area contributed by atoms with Crippen molar-refractivity contribution in [1.82, 2.24) is 26.3 Å². The molecule has 4 N–H and O–H groups in total. The van der Waals surface area contributed by atoms with Crippen LogP contribution >= 0.6 is 0 Å². The van der Waals surface area contributed by atoms with Crippen molar-refractivity contribution in [3.63, 3.8) is 0 Å². The lowest BCUT2D eigenvalue weighted by atomic mass is 10.1. The van der Waals surface area contributed by atoms with Gasteiger partial charge in [0.1, 0.15) is 6.04 Å². The van der Waals surface area contributed by atoms with Crippen LogP contribution in [-0.4, -0.2) is 72.0 Å². The molecule has 1 aromatic carbocycles. The number of carbonyl (C=O) groups excluding carboxylic acids is 7. The van der Waals surface area contributed by atoms with E-state index in [0.717, 1.165) is 17.4 Å². The molecular formula is C25H31N5O8. The van der Waals surface area contributed by atoms with E-state index in [1.807, 2.05) is 5.48 Å². The molecule has 0 unspecified atom stereocenters. The van der Waals surface area contributed by atoms with Crippen molar-refractivity contribution < 1.29 is 38.4 Å². The van der Waals surface area contributed by atoms with E-state index in [4.69, 9.17) is 0 Å². The monoisotopic (exact) mass is 529 g/mol. The summed E-state index contributed by atoms with van der Waals surface area (Å²) in [5.74, 6) is -3.78. The first kappa shape index (κ1) is 29.7. The van der Waals surface area contributed by atoms with Crippen LogP contribution in [0.5, 0.6) is 0 Å². The zero-order valence-electron chi connectivity index (χ0n) is 21.0. The van der Waals surface area contributed by atoms with E-state index in [2.05, 4.69) is 20.8 Å². The maximum Gasteiger partial charge on any atom is 0.329 e. The van der Waals surface area contributed by atoms with E-state index in [0.29, 0.717) is 19.3 Å². The van der Waals surface area contributed by atoms with Crippen LogP contribution in [0.1, 0.15) is 38.2 Å². The molecule has 6 amide bonds. The van der Waals surface area contributed by atoms with Crippen molar-refractivity contribution in [2.45, 2.75) is 45.1 Å². The molecule has 2 rings (SSSR count). The molecule has 13 heteroatoms. The molecule has 1 atom stereocenters. The maximum absolute atomic E-state index is 12.4. The van der Waals surface area contributed by atoms with Crippen molar-refractivity contribution >= 4 is 41.4 Å². The molecule has 0 saturated carbocycles. The minimum Gasteiger partial charge on any atom is -0.347 e. The van der Waals surface area contributed by atoms with Crippen LogP contribution < -0.4 is 21.4 Å². The van der Waals surface area contributed by atoms with E-state index < -0.39 is 36.3 Å². The van der Waals surface area contributed by atoms with Gasteiger partial charge in [-0.25, -0.2) is 0 Å². The van der Waals surface area contributed by atoms with Crippen LogP contribution in [0.3, 0.4) is 0 Å². The summed E-state index contributed by atoms with van der Waals surface area (Å²) in [6, 6.07) is 7.78. The van der Waals surface area contributed by atoms with Crippen LogP contribution in [0.15, 0.2) is 42.5 Å². The Balaban J connectivity index is 1.65. The SMILES string of the molecule is CC(=O)ONC(=O)[C@H](Cc1ccccc1)NC(=O)CNC(=O)CNC(=O)CCCCCN1C(=O)C=CC1=O. The molecular weight excluding hydrogens is 498 g/mol. The van der Waals surface area contributed by atoms with Gasteiger partial charge < -0.3 is 20.8 Å². The van der Waals surface area contributed by atoms with Gasteiger partial charge in [0.2, 0.25) is 17.7 Å². The fourth-order valence-corrected chi connectivity index (χ4v) is 3.39. The smallest absolute Gasteiger partial charge is 0.329 e. The number of imide groups is 1. The number of unbranched alkanes of at least 4 members (excludes halogenated alkanes) is 2. The normalized spacial score (nSPS) is 13.0. The highest BCUT2D eigenvalue weighted by atomic mass is 16.7. The second-order valence-electron chi connectivity index (χ2n) is 8.40. The Hall–Kier alpha value is -4.55. The Morgan fingerprint density at radius 2 is 1.47 bits per heavy atom. The van der Waals surface area contributed by atoms with Gasteiger partial charge in [0, 0.05) is 38.5 Å². The van der Waals surface area contributed by atoms with Crippen LogP contribution in [0.4, 0.5) is 0 Å². The molecule has 1 aliphatic rings. The second kappa shape index (κ2) is 15.5. The lowest BCUT2D eigenvalue weighted by Gasteiger charge is -2.18. The van der Waals surface area contributed by atoms with Crippen LogP contribution in [0, 0.1) is 0 Å². The van der Waals surface area contributed by atoms with Gasteiger partial charge in [-0.3, -0.25) is 38.5 Å². The van der Waals surface area contributed by atoms with E-state index >= 15 is 0 Å². The first-order valence-corrected chi connectivity index (χ1v) is 12.0. The number of nitrogens with one attached hydrogen (secondary N) is 4. The fraction of sp³-hybridized carbons (Fsp3) is 0.400. The number of benzene rings is 1. The molecule has 1 heterocycles. The van der Waals surface area contributed by atoms with E-state index in [9.17, 15) is 33.6 Å². The summed E-state index contributed by atoms with van der Waals surface area (Å²) in [4.78, 5) is 88.1. The summed E-state index contributed by atoms with van der Waals surface area (Å²) < 4.78 is 0. The maximum atomic E-state index is 12.4. The molecule has 0 spiro atoms. The number of nitrogens with zero attached hydrogens (tertiary/aromatic N) is 1. The van der Waals surface area contributed by atoms with Gasteiger partial charge in [0.05, 0.1) is 13.1 Å². The third kappa shape index (κ3) is 11.0. The van der Waals surface area contributed by atoms with Gasteiger partial charge in [-0.05, 0) is 18.4 Å². The quantitative estimate of drug-likeness (QED) is 0.135. The summed E-state index contributed by atoms with van der Waals surface area (Å²) in [5.41, 5.74) is 2.72. The van der Waals surface area contributed by atoms with Crippen molar-refractivity contribution in [3.8, 4) is 0 Å². The Morgan fingerprint density at radius 3 is 2.13 bits per heavy atom. The highest BCUT2D eigenvalue weighted by Crippen LogP contribution is 2.07. The number of amides is 6. The zero-order valence-corrected chi connectivity index (χ0v) is 21.0. The average molecular weight is 530 g/mol. The number of hydrogen-bond donors (Lipinski definition) is 4. The molecule has 0 saturated heterocycles. The summed E-state index contributed by atoms with van der Waals surface area (Å²) in [6.07, 6.45) is 4.40. The third-order valence-electron chi connectivity index (χ3n) is 5.31. The molecule has 0 bridgehead atoms. The van der Waals surface area contributed by atoms with Crippen LogP contribution in [-0.2, 0) is 44.8 Å². The predicted octanol–water partition coefficient (Wildman–Crippen LogP) is -0.974. The van der Waals surface area contributed by atoms with Crippen molar-refractivity contribution in [2.75, 3.05) is 19.6 Å². The highest BCUT2D eigenvalue weighted by molar-refractivity contribution is 6.12. The average Bonchev–Trinajstić information content (AvgIpc) is 3.21. The standard InChI is InChI=1S/C25H31N5O8/c1-17(31)38-29-25(37)19(14-18-8-4-2-5-9-18)28-22(34)16-27-21(33)15-26-20(32)10-6-3-7-13-30-23(35)11-12-24(30)36/h2,4-5,8-9,11-12,19H,3,6-7,10,13-16H2,1H3,(H,26,32)(H,27,33)(H,28,34)(H,29,37)/t19-/m0/s1. The van der Waals surface area contributed by atoms with Gasteiger partial charge in [-0.15, -0.1) is 0 Å². The highest BCUT2D eigenvalue weighted by Gasteiger charge is 2.23. The Bertz CT molecular complexity index is 1050. The minimum atomic E-state index is -1.07. The summed E-state index contributed by atoms with van der Waals surface area (Å²) in [5, 5.41) is 7.28. The topological polar surface area (TPSA) is 180 Å². The van der Waals surface area contributed by atoms with Gasteiger partial charge in [0.25, 0.3) is 17.7 Å². The lowest BCUT2D eigenvalue weighted by Crippen LogP contribution is -2.51. The predicted molar refractivity (Wildman–Crippen MR) is 132 cm³/mol. The molecule has 0 radical (unpaired) electrons. The minimum absolute atomic E-state index is 0.116. The van der Waals surface area contributed by atoms with E-state index in [1.54, 1.807) is 30.3 Å². The molecule has 0 aliphatic carbocycles. The fourth-order valence-electron chi connectivity index (χ4n) is 3.39. The molecule has 38 heavy (non-hydrogen) atoms. The van der Waals surface area contributed by atoms with Crippen molar-refractivity contribution in [2.24, 2.45) is 0 Å². The molecule has 0 fully saturated rings. The molecule has 1 aliphatic heterocycles. The van der Waals surface area contributed by atoms with E-state index in [1.165, 1.54) is 12.2 Å².